The molecule has 0 saturated heterocycles. The molecule has 0 heterocycles. The van der Waals surface area contributed by atoms with Crippen LogP contribution in [0.25, 0.3) is 10.8 Å². The number of hydrogen-bond donors (Lipinski definition) is 0. The Balaban J connectivity index is 0.00000180. The van der Waals surface area contributed by atoms with Gasteiger partial charge in [0.05, 0.1) is 4.90 Å². The topological polar surface area (TPSA) is 57.2 Å². The molecule has 0 unspecified atom stereocenters. The third-order valence-corrected chi connectivity index (χ3v) is 4.11. The van der Waals surface area contributed by atoms with Crippen molar-refractivity contribution < 1.29 is 64.4 Å². The van der Waals surface area contributed by atoms with Crippen LogP contribution in [0.5, 0.6) is 0 Å². The fourth-order valence-electron chi connectivity index (χ4n) is 2.36. The van der Waals surface area contributed by atoms with Gasteiger partial charge in [-0.1, -0.05) is 38.1 Å². The van der Waals surface area contributed by atoms with Gasteiger partial charge < -0.3 is 4.55 Å². The van der Waals surface area contributed by atoms with Gasteiger partial charge in [-0.25, -0.2) is 8.42 Å². The summed E-state index contributed by atoms with van der Waals surface area (Å²) in [4.78, 5) is -0.0689. The van der Waals surface area contributed by atoms with Gasteiger partial charge in [0, 0.05) is 0 Å². The second-order valence-electron chi connectivity index (χ2n) is 4.22. The average molecular weight is 302 g/mol. The van der Waals surface area contributed by atoms with Gasteiger partial charge in [-0.15, -0.1) is 0 Å². The van der Waals surface area contributed by atoms with Crippen LogP contribution in [0.4, 0.5) is 0 Å². The van der Waals surface area contributed by atoms with E-state index < -0.39 is 10.1 Å². The molecule has 0 atom stereocenters. The van der Waals surface area contributed by atoms with E-state index in [2.05, 4.69) is 0 Å². The van der Waals surface area contributed by atoms with Crippen molar-refractivity contribution in [2.24, 2.45) is 0 Å². The van der Waals surface area contributed by atoms with Crippen LogP contribution in [-0.4, -0.2) is 13.0 Å². The van der Waals surface area contributed by atoms with Crippen molar-refractivity contribution in [3.63, 3.8) is 0 Å². The van der Waals surface area contributed by atoms with Crippen LogP contribution in [0.1, 0.15) is 25.0 Å². The van der Waals surface area contributed by atoms with Crippen molar-refractivity contribution in [3.05, 3.63) is 41.5 Å². The first-order valence-corrected chi connectivity index (χ1v) is 7.39. The molecule has 0 saturated carbocycles. The fraction of sp³-hybridized carbons (Fsp3) is 0.286. The van der Waals surface area contributed by atoms with Gasteiger partial charge >= 0.3 is 51.4 Å². The molecule has 5 heteroatoms. The summed E-state index contributed by atoms with van der Waals surface area (Å²) in [7, 11) is -4.42. The maximum absolute atomic E-state index is 11.4. The fourth-order valence-corrected chi connectivity index (χ4v) is 3.21. The molecule has 2 rings (SSSR count). The molecule has 19 heavy (non-hydrogen) atoms. The SMILES string of the molecule is CCc1cc(S(=O)(=O)[O-])c(CC)c2ccccc12.[K+]. The van der Waals surface area contributed by atoms with Crippen molar-refractivity contribution in [1.82, 2.24) is 0 Å². The Morgan fingerprint density at radius 2 is 1.63 bits per heavy atom. The largest absolute Gasteiger partial charge is 1.00 e. The van der Waals surface area contributed by atoms with Crippen LogP contribution in [0, 0.1) is 0 Å². The molecule has 2 aromatic carbocycles. The Labute approximate surface area is 156 Å². The molecular weight excluding hydrogens is 287 g/mol. The molecule has 0 aromatic heterocycles. The minimum absolute atomic E-state index is 0. The van der Waals surface area contributed by atoms with Crippen molar-refractivity contribution in [1.29, 1.82) is 0 Å². The zero-order valence-electron chi connectivity index (χ0n) is 11.4. The monoisotopic (exact) mass is 302 g/mol. The van der Waals surface area contributed by atoms with Gasteiger partial charge in [0.2, 0.25) is 0 Å². The van der Waals surface area contributed by atoms with Gasteiger partial charge in [0.15, 0.2) is 0 Å². The Hall–Kier alpha value is 0.246. The van der Waals surface area contributed by atoms with Gasteiger partial charge in [0.1, 0.15) is 10.1 Å². The quantitative estimate of drug-likeness (QED) is 0.586. The smallest absolute Gasteiger partial charge is 0.744 e. The first-order valence-electron chi connectivity index (χ1n) is 5.98. The summed E-state index contributed by atoms with van der Waals surface area (Å²) >= 11 is 0. The molecule has 0 amide bonds. The molecule has 0 aliphatic carbocycles. The predicted molar refractivity (Wildman–Crippen MR) is 70.7 cm³/mol. The van der Waals surface area contributed by atoms with E-state index in [1.807, 2.05) is 38.1 Å². The van der Waals surface area contributed by atoms with Crippen LogP contribution in [0.15, 0.2) is 35.2 Å². The van der Waals surface area contributed by atoms with Crippen LogP contribution in [0.3, 0.4) is 0 Å². The number of rotatable bonds is 3. The Morgan fingerprint density at radius 3 is 2.11 bits per heavy atom. The Bertz CT molecular complexity index is 693. The molecular formula is C14H15KO3S. The Kier molecular flexibility index (Phi) is 6.19. The second kappa shape index (κ2) is 6.80. The summed E-state index contributed by atoms with van der Waals surface area (Å²) in [6.45, 7) is 3.82. The standard InChI is InChI=1S/C14H16O3S.K/c1-3-10-9-14(18(15,16)17)11(4-2)13-8-6-5-7-12(10)13;/h5-9H,3-4H2,1-2H3,(H,15,16,17);/q;+1/p-1. The molecule has 0 aliphatic heterocycles. The number of aryl methyl sites for hydroxylation is 2. The summed E-state index contributed by atoms with van der Waals surface area (Å²) in [5.74, 6) is 0. The molecule has 3 nitrogen and oxygen atoms in total. The summed E-state index contributed by atoms with van der Waals surface area (Å²) in [6, 6.07) is 9.16. The summed E-state index contributed by atoms with van der Waals surface area (Å²) in [5.41, 5.74) is 1.52. The van der Waals surface area contributed by atoms with E-state index in [1.54, 1.807) is 0 Å². The molecule has 2 aromatic rings. The third-order valence-electron chi connectivity index (χ3n) is 3.20. The summed E-state index contributed by atoms with van der Waals surface area (Å²) in [6.07, 6.45) is 1.23. The van der Waals surface area contributed by atoms with E-state index in [4.69, 9.17) is 0 Å². The normalized spacial score (nSPS) is 11.3. The van der Waals surface area contributed by atoms with E-state index in [1.165, 1.54) is 6.07 Å². The second-order valence-corrected chi connectivity index (χ2v) is 5.57. The average Bonchev–Trinajstić information content (AvgIpc) is 2.35. The van der Waals surface area contributed by atoms with Crippen LogP contribution >= 0.6 is 0 Å². The van der Waals surface area contributed by atoms with E-state index in [9.17, 15) is 13.0 Å². The van der Waals surface area contributed by atoms with Gasteiger partial charge in [-0.2, -0.15) is 0 Å². The zero-order chi connectivity index (χ0) is 13.3. The molecule has 0 N–H and O–H groups in total. The number of hydrogen-bond acceptors (Lipinski definition) is 3. The summed E-state index contributed by atoms with van der Waals surface area (Å²) in [5, 5.41) is 1.90. The minimum atomic E-state index is -4.42. The predicted octanol–water partition coefficient (Wildman–Crippen LogP) is -0.127. The van der Waals surface area contributed by atoms with E-state index in [0.29, 0.717) is 18.4 Å². The van der Waals surface area contributed by atoms with Crippen molar-refractivity contribution in [3.8, 4) is 0 Å². The molecule has 0 aliphatic rings. The van der Waals surface area contributed by atoms with Crippen molar-refractivity contribution in [2.45, 2.75) is 31.6 Å². The number of benzene rings is 2. The van der Waals surface area contributed by atoms with Crippen molar-refractivity contribution in [2.75, 3.05) is 0 Å². The van der Waals surface area contributed by atoms with Crippen molar-refractivity contribution >= 4 is 20.9 Å². The van der Waals surface area contributed by atoms with Gasteiger partial charge in [-0.05, 0) is 40.8 Å². The first kappa shape index (κ1) is 17.3. The van der Waals surface area contributed by atoms with E-state index in [-0.39, 0.29) is 56.3 Å². The molecule has 0 spiro atoms. The van der Waals surface area contributed by atoms with Crippen LogP contribution < -0.4 is 51.4 Å². The molecule has 0 fully saturated rings. The first-order chi connectivity index (χ1) is 8.49. The summed E-state index contributed by atoms with van der Waals surface area (Å²) < 4.78 is 34.1. The third kappa shape index (κ3) is 3.47. The molecule has 0 radical (unpaired) electrons. The molecule has 96 valence electrons. The van der Waals surface area contributed by atoms with Crippen LogP contribution in [0.2, 0.25) is 0 Å². The Morgan fingerprint density at radius 1 is 1.05 bits per heavy atom. The van der Waals surface area contributed by atoms with Gasteiger partial charge in [-0.3, -0.25) is 0 Å². The van der Waals surface area contributed by atoms with E-state index >= 15 is 0 Å². The van der Waals surface area contributed by atoms with Crippen LogP contribution in [-0.2, 0) is 23.0 Å². The minimum Gasteiger partial charge on any atom is -0.744 e. The molecule has 0 bridgehead atoms. The maximum Gasteiger partial charge on any atom is 1.00 e. The maximum atomic E-state index is 11.4. The number of fused-ring (bicyclic) bond motifs is 1. The van der Waals surface area contributed by atoms with Gasteiger partial charge in [0.25, 0.3) is 0 Å². The van der Waals surface area contributed by atoms with E-state index in [0.717, 1.165) is 16.3 Å². The zero-order valence-corrected chi connectivity index (χ0v) is 15.4.